The quantitative estimate of drug-likeness (QED) is 0.648. The van der Waals surface area contributed by atoms with E-state index in [0.29, 0.717) is 6.54 Å². The van der Waals surface area contributed by atoms with Crippen LogP contribution in [0.25, 0.3) is 0 Å². The number of hydrogen-bond acceptors (Lipinski definition) is 3. The molecule has 78 valence electrons. The summed E-state index contributed by atoms with van der Waals surface area (Å²) in [4.78, 5) is 0. The van der Waals surface area contributed by atoms with Crippen molar-refractivity contribution in [3.05, 3.63) is 35.9 Å². The van der Waals surface area contributed by atoms with Crippen LogP contribution >= 0.6 is 0 Å². The van der Waals surface area contributed by atoms with E-state index in [1.54, 1.807) is 0 Å². The van der Waals surface area contributed by atoms with Gasteiger partial charge in [-0.15, -0.1) is 0 Å². The highest BCUT2D eigenvalue weighted by Gasteiger charge is 2.06. The normalized spacial score (nSPS) is 15.1. The Kier molecular flexibility index (Phi) is 4.59. The molecule has 0 unspecified atom stereocenters. The van der Waals surface area contributed by atoms with Gasteiger partial charge in [0.25, 0.3) is 0 Å². The van der Waals surface area contributed by atoms with Crippen molar-refractivity contribution >= 4 is 0 Å². The summed E-state index contributed by atoms with van der Waals surface area (Å²) in [5.74, 6) is 0. The Hall–Kier alpha value is -0.900. The van der Waals surface area contributed by atoms with E-state index in [9.17, 15) is 0 Å². The van der Waals surface area contributed by atoms with Crippen molar-refractivity contribution in [1.82, 2.24) is 5.32 Å². The lowest BCUT2D eigenvalue weighted by Gasteiger charge is -2.16. The highest BCUT2D eigenvalue weighted by molar-refractivity contribution is 5.17. The number of nitrogens with one attached hydrogen (secondary N) is 1. The average molecular weight is 195 g/mol. The zero-order chi connectivity index (χ0) is 10.4. The monoisotopic (exact) mass is 195 g/mol. The Morgan fingerprint density at radius 2 is 1.93 bits per heavy atom. The highest BCUT2D eigenvalue weighted by atomic mass is 16.3. The van der Waals surface area contributed by atoms with Crippen molar-refractivity contribution in [2.75, 3.05) is 13.2 Å². The van der Waals surface area contributed by atoms with Crippen LogP contribution < -0.4 is 5.32 Å². The third-order valence-electron chi connectivity index (χ3n) is 2.17. The summed E-state index contributed by atoms with van der Waals surface area (Å²) < 4.78 is 0. The Bertz CT molecular complexity index is 251. The van der Waals surface area contributed by atoms with Crippen LogP contribution in [-0.2, 0) is 0 Å². The summed E-state index contributed by atoms with van der Waals surface area (Å²) in [6.45, 7) is 2.24. The number of aliphatic hydroxyl groups is 2. The third-order valence-corrected chi connectivity index (χ3v) is 2.17. The molecule has 0 spiro atoms. The van der Waals surface area contributed by atoms with Crippen molar-refractivity contribution in [3.63, 3.8) is 0 Å². The van der Waals surface area contributed by atoms with E-state index < -0.39 is 6.10 Å². The molecule has 2 atom stereocenters. The van der Waals surface area contributed by atoms with Gasteiger partial charge in [0.15, 0.2) is 0 Å². The van der Waals surface area contributed by atoms with Gasteiger partial charge >= 0.3 is 0 Å². The number of hydrogen-bond donors (Lipinski definition) is 3. The smallest absolute Gasteiger partial charge is 0.0895 e. The molecule has 0 amide bonds. The standard InChI is InChI=1S/C11H17NO2/c1-9(12-7-11(14)8-13)10-5-3-2-4-6-10/h2-6,9,11-14H,7-8H2,1H3/t9-,11+/m0/s1. The Labute approximate surface area is 84.4 Å². The predicted molar refractivity (Wildman–Crippen MR) is 56.0 cm³/mol. The highest BCUT2D eigenvalue weighted by Crippen LogP contribution is 2.10. The summed E-state index contributed by atoms with van der Waals surface area (Å²) in [7, 11) is 0. The van der Waals surface area contributed by atoms with E-state index in [1.165, 1.54) is 5.56 Å². The van der Waals surface area contributed by atoms with E-state index in [4.69, 9.17) is 10.2 Å². The molecule has 0 aliphatic carbocycles. The SMILES string of the molecule is C[C@H](NC[C@@H](O)CO)c1ccccc1. The van der Waals surface area contributed by atoms with Crippen LogP contribution in [0, 0.1) is 0 Å². The molecule has 1 rings (SSSR count). The molecule has 0 aromatic heterocycles. The first-order valence-electron chi connectivity index (χ1n) is 4.81. The van der Waals surface area contributed by atoms with Crippen molar-refractivity contribution in [1.29, 1.82) is 0 Å². The van der Waals surface area contributed by atoms with E-state index in [2.05, 4.69) is 5.32 Å². The van der Waals surface area contributed by atoms with Crippen LogP contribution in [0.4, 0.5) is 0 Å². The first-order valence-corrected chi connectivity index (χ1v) is 4.81. The molecule has 3 heteroatoms. The van der Waals surface area contributed by atoms with E-state index in [0.717, 1.165) is 0 Å². The maximum atomic E-state index is 9.14. The zero-order valence-electron chi connectivity index (χ0n) is 8.35. The predicted octanol–water partition coefficient (Wildman–Crippen LogP) is 0.690. The van der Waals surface area contributed by atoms with E-state index in [1.807, 2.05) is 37.3 Å². The third kappa shape index (κ3) is 3.46. The van der Waals surface area contributed by atoms with Crippen LogP contribution in [-0.4, -0.2) is 29.5 Å². The van der Waals surface area contributed by atoms with Crippen LogP contribution in [0.5, 0.6) is 0 Å². The summed E-state index contributed by atoms with van der Waals surface area (Å²) in [5, 5.41) is 20.9. The van der Waals surface area contributed by atoms with E-state index in [-0.39, 0.29) is 12.6 Å². The van der Waals surface area contributed by atoms with E-state index >= 15 is 0 Å². The summed E-state index contributed by atoms with van der Waals surface area (Å²) in [6.07, 6.45) is -0.679. The van der Waals surface area contributed by atoms with Gasteiger partial charge in [0.2, 0.25) is 0 Å². The summed E-state index contributed by atoms with van der Waals surface area (Å²) in [6, 6.07) is 10.2. The lowest BCUT2D eigenvalue weighted by atomic mass is 10.1. The topological polar surface area (TPSA) is 52.5 Å². The average Bonchev–Trinajstić information content (AvgIpc) is 2.26. The van der Waals surface area contributed by atoms with Crippen molar-refractivity contribution in [2.45, 2.75) is 19.1 Å². The van der Waals surface area contributed by atoms with Crippen LogP contribution in [0.15, 0.2) is 30.3 Å². The van der Waals surface area contributed by atoms with Crippen molar-refractivity contribution in [3.8, 4) is 0 Å². The van der Waals surface area contributed by atoms with Gasteiger partial charge in [0.1, 0.15) is 0 Å². The molecule has 0 fully saturated rings. The molecular formula is C11H17NO2. The van der Waals surface area contributed by atoms with Crippen molar-refractivity contribution in [2.24, 2.45) is 0 Å². The maximum absolute atomic E-state index is 9.14. The van der Waals surface area contributed by atoms with Gasteiger partial charge in [-0.25, -0.2) is 0 Å². The van der Waals surface area contributed by atoms with Gasteiger partial charge in [-0.1, -0.05) is 30.3 Å². The van der Waals surface area contributed by atoms with Gasteiger partial charge in [-0.2, -0.15) is 0 Å². The fourth-order valence-electron chi connectivity index (χ4n) is 1.24. The minimum absolute atomic E-state index is 0.192. The fourth-order valence-corrected chi connectivity index (χ4v) is 1.24. The first-order chi connectivity index (χ1) is 6.74. The molecule has 1 aromatic carbocycles. The van der Waals surface area contributed by atoms with Gasteiger partial charge in [0, 0.05) is 12.6 Å². The van der Waals surface area contributed by atoms with Gasteiger partial charge < -0.3 is 15.5 Å². The molecule has 0 bridgehead atoms. The first kappa shape index (κ1) is 11.2. The van der Waals surface area contributed by atoms with Crippen LogP contribution in [0.1, 0.15) is 18.5 Å². The molecule has 1 aromatic rings. The largest absolute Gasteiger partial charge is 0.394 e. The summed E-state index contributed by atoms with van der Waals surface area (Å²) >= 11 is 0. The van der Waals surface area contributed by atoms with Gasteiger partial charge in [0.05, 0.1) is 12.7 Å². The molecule has 3 nitrogen and oxygen atoms in total. The lowest BCUT2D eigenvalue weighted by molar-refractivity contribution is 0.0924. The van der Waals surface area contributed by atoms with Crippen LogP contribution in [0.2, 0.25) is 0 Å². The molecule has 0 aliphatic rings. The Morgan fingerprint density at radius 1 is 1.29 bits per heavy atom. The Balaban J connectivity index is 2.39. The van der Waals surface area contributed by atoms with Gasteiger partial charge in [-0.3, -0.25) is 0 Å². The fraction of sp³-hybridized carbons (Fsp3) is 0.455. The molecule has 0 aliphatic heterocycles. The zero-order valence-corrected chi connectivity index (χ0v) is 8.35. The number of rotatable bonds is 5. The molecule has 0 heterocycles. The second-order valence-electron chi connectivity index (χ2n) is 3.38. The van der Waals surface area contributed by atoms with Crippen molar-refractivity contribution < 1.29 is 10.2 Å². The second kappa shape index (κ2) is 5.75. The maximum Gasteiger partial charge on any atom is 0.0895 e. The second-order valence-corrected chi connectivity index (χ2v) is 3.38. The lowest BCUT2D eigenvalue weighted by Crippen LogP contribution is -2.31. The molecule has 0 saturated heterocycles. The molecule has 0 radical (unpaired) electrons. The Morgan fingerprint density at radius 3 is 2.50 bits per heavy atom. The molecule has 0 saturated carbocycles. The molecule has 14 heavy (non-hydrogen) atoms. The number of aliphatic hydroxyl groups excluding tert-OH is 2. The molecular weight excluding hydrogens is 178 g/mol. The summed E-state index contributed by atoms with van der Waals surface area (Å²) in [5.41, 5.74) is 1.18. The number of benzene rings is 1. The van der Waals surface area contributed by atoms with Crippen LogP contribution in [0.3, 0.4) is 0 Å². The minimum atomic E-state index is -0.679. The molecule has 3 N–H and O–H groups in total. The minimum Gasteiger partial charge on any atom is -0.394 e. The van der Waals surface area contributed by atoms with Gasteiger partial charge in [-0.05, 0) is 12.5 Å².